The van der Waals surface area contributed by atoms with Gasteiger partial charge in [0, 0.05) is 30.7 Å². The first-order valence-electron chi connectivity index (χ1n) is 7.04. The van der Waals surface area contributed by atoms with Crippen molar-refractivity contribution in [3.05, 3.63) is 58.6 Å². The maximum Gasteiger partial charge on any atom is 0.269 e. The number of nitro groups is 1. The lowest BCUT2D eigenvalue weighted by Crippen LogP contribution is -2.12. The van der Waals surface area contributed by atoms with Gasteiger partial charge in [0.1, 0.15) is 5.82 Å². The minimum atomic E-state index is -0.417. The molecule has 0 aliphatic carbocycles. The van der Waals surface area contributed by atoms with Crippen LogP contribution in [0.25, 0.3) is 22.4 Å². The summed E-state index contributed by atoms with van der Waals surface area (Å²) >= 11 is 4.97. The fraction of sp³-hybridized carbons (Fsp3) is 0.125. The SMILES string of the molecule is NC(=S)CCn1c(-c2ccc([N+](=O)[O-])cc2)nc2ccccc21. The summed E-state index contributed by atoms with van der Waals surface area (Å²) in [6.07, 6.45) is 0.565. The summed E-state index contributed by atoms with van der Waals surface area (Å²) < 4.78 is 2.04. The van der Waals surface area contributed by atoms with Crippen LogP contribution in [0.2, 0.25) is 0 Å². The molecule has 0 spiro atoms. The molecule has 3 aromatic rings. The third-order valence-electron chi connectivity index (χ3n) is 3.57. The summed E-state index contributed by atoms with van der Waals surface area (Å²) in [5.74, 6) is 0.748. The molecule has 0 aliphatic heterocycles. The van der Waals surface area contributed by atoms with Crippen LogP contribution in [0.3, 0.4) is 0 Å². The number of imidazole rings is 1. The van der Waals surface area contributed by atoms with E-state index >= 15 is 0 Å². The standard InChI is InChI=1S/C16H14N4O2S/c17-15(23)9-10-19-14-4-2-1-3-13(14)18-16(19)11-5-7-12(8-6-11)20(21)22/h1-8H,9-10H2,(H2,17,23). The molecule has 6 nitrogen and oxygen atoms in total. The van der Waals surface area contributed by atoms with Crippen LogP contribution in [0.5, 0.6) is 0 Å². The third kappa shape index (κ3) is 3.04. The number of nitrogens with two attached hydrogens (primary N) is 1. The summed E-state index contributed by atoms with van der Waals surface area (Å²) in [7, 11) is 0. The average Bonchev–Trinajstić information content (AvgIpc) is 2.91. The van der Waals surface area contributed by atoms with Crippen LogP contribution < -0.4 is 5.73 Å². The van der Waals surface area contributed by atoms with E-state index in [-0.39, 0.29) is 5.69 Å². The van der Waals surface area contributed by atoms with Crippen LogP contribution >= 0.6 is 12.2 Å². The van der Waals surface area contributed by atoms with Gasteiger partial charge >= 0.3 is 0 Å². The van der Waals surface area contributed by atoms with Crippen LogP contribution in [0.4, 0.5) is 5.69 Å². The number of nitro benzene ring substituents is 1. The first-order chi connectivity index (χ1) is 11.1. The maximum absolute atomic E-state index is 10.8. The molecule has 0 atom stereocenters. The summed E-state index contributed by atoms with van der Waals surface area (Å²) in [4.78, 5) is 15.5. The Morgan fingerprint density at radius 3 is 2.57 bits per heavy atom. The van der Waals surface area contributed by atoms with Crippen LogP contribution in [-0.4, -0.2) is 19.5 Å². The largest absolute Gasteiger partial charge is 0.393 e. The van der Waals surface area contributed by atoms with Gasteiger partial charge in [-0.15, -0.1) is 0 Å². The van der Waals surface area contributed by atoms with Gasteiger partial charge in [-0.25, -0.2) is 4.98 Å². The third-order valence-corrected chi connectivity index (χ3v) is 3.78. The molecule has 0 saturated carbocycles. The molecule has 3 rings (SSSR count). The zero-order chi connectivity index (χ0) is 16.4. The number of hydrogen-bond donors (Lipinski definition) is 1. The number of para-hydroxylation sites is 2. The molecular formula is C16H14N4O2S. The molecule has 0 aliphatic rings. The fourth-order valence-electron chi connectivity index (χ4n) is 2.48. The maximum atomic E-state index is 10.8. The Morgan fingerprint density at radius 2 is 1.91 bits per heavy atom. The van der Waals surface area contributed by atoms with Gasteiger partial charge in [-0.1, -0.05) is 24.4 Å². The van der Waals surface area contributed by atoms with Crippen molar-refractivity contribution >= 4 is 33.9 Å². The second kappa shape index (κ2) is 6.13. The van der Waals surface area contributed by atoms with Gasteiger partial charge < -0.3 is 10.3 Å². The topological polar surface area (TPSA) is 87.0 Å². The van der Waals surface area contributed by atoms with E-state index in [0.717, 1.165) is 22.4 Å². The Labute approximate surface area is 137 Å². The zero-order valence-electron chi connectivity index (χ0n) is 12.2. The van der Waals surface area contributed by atoms with Gasteiger partial charge in [-0.2, -0.15) is 0 Å². The number of nitrogens with zero attached hydrogens (tertiary/aromatic N) is 3. The lowest BCUT2D eigenvalue weighted by atomic mass is 10.2. The van der Waals surface area contributed by atoms with Gasteiger partial charge in [0.2, 0.25) is 0 Å². The normalized spacial score (nSPS) is 10.8. The number of hydrogen-bond acceptors (Lipinski definition) is 4. The van der Waals surface area contributed by atoms with Crippen molar-refractivity contribution in [2.75, 3.05) is 0 Å². The number of thiocarbonyl (C=S) groups is 1. The molecule has 1 aromatic heterocycles. The zero-order valence-corrected chi connectivity index (χ0v) is 13.0. The Balaban J connectivity index is 2.09. The Bertz CT molecular complexity index is 887. The van der Waals surface area contributed by atoms with E-state index in [1.165, 1.54) is 12.1 Å². The van der Waals surface area contributed by atoms with Crippen molar-refractivity contribution in [1.82, 2.24) is 9.55 Å². The van der Waals surface area contributed by atoms with Crippen molar-refractivity contribution in [3.8, 4) is 11.4 Å². The molecule has 0 unspecified atom stereocenters. The van der Waals surface area contributed by atoms with Crippen LogP contribution in [0, 0.1) is 10.1 Å². The lowest BCUT2D eigenvalue weighted by molar-refractivity contribution is -0.384. The number of aryl methyl sites for hydroxylation is 1. The second-order valence-corrected chi connectivity index (χ2v) is 5.62. The molecule has 1 heterocycles. The quantitative estimate of drug-likeness (QED) is 0.441. The van der Waals surface area contributed by atoms with Gasteiger partial charge in [0.25, 0.3) is 5.69 Å². The number of benzene rings is 2. The predicted molar refractivity (Wildman–Crippen MR) is 93.2 cm³/mol. The van der Waals surface area contributed by atoms with E-state index in [0.29, 0.717) is 18.0 Å². The van der Waals surface area contributed by atoms with Crippen LogP contribution in [0.15, 0.2) is 48.5 Å². The molecule has 116 valence electrons. The van der Waals surface area contributed by atoms with Crippen LogP contribution in [-0.2, 0) is 6.54 Å². The number of fused-ring (bicyclic) bond motifs is 1. The molecule has 2 aromatic carbocycles. The van der Waals surface area contributed by atoms with E-state index in [9.17, 15) is 10.1 Å². The highest BCUT2D eigenvalue weighted by Gasteiger charge is 2.14. The monoisotopic (exact) mass is 326 g/mol. The van der Waals surface area contributed by atoms with Gasteiger partial charge in [0.15, 0.2) is 0 Å². The highest BCUT2D eigenvalue weighted by atomic mass is 32.1. The molecule has 0 saturated heterocycles. The summed E-state index contributed by atoms with van der Waals surface area (Å²) in [5, 5.41) is 10.8. The molecule has 0 fully saturated rings. The lowest BCUT2D eigenvalue weighted by Gasteiger charge is -2.08. The number of rotatable bonds is 5. The van der Waals surface area contributed by atoms with E-state index in [1.54, 1.807) is 12.1 Å². The van der Waals surface area contributed by atoms with E-state index in [4.69, 9.17) is 18.0 Å². The molecule has 2 N–H and O–H groups in total. The summed E-state index contributed by atoms with van der Waals surface area (Å²) in [6.45, 7) is 0.613. The molecule has 7 heteroatoms. The van der Waals surface area contributed by atoms with Crippen molar-refractivity contribution in [1.29, 1.82) is 0 Å². The smallest absolute Gasteiger partial charge is 0.269 e. The minimum absolute atomic E-state index is 0.0551. The van der Waals surface area contributed by atoms with Crippen molar-refractivity contribution in [3.63, 3.8) is 0 Å². The number of non-ortho nitro benzene ring substituents is 1. The second-order valence-electron chi connectivity index (χ2n) is 5.10. The van der Waals surface area contributed by atoms with E-state index in [2.05, 4.69) is 4.98 Å². The van der Waals surface area contributed by atoms with Gasteiger partial charge in [0.05, 0.1) is 20.9 Å². The molecule has 0 amide bonds. The Kier molecular flexibility index (Phi) is 4.03. The Morgan fingerprint density at radius 1 is 1.22 bits per heavy atom. The Hall–Kier alpha value is -2.80. The van der Waals surface area contributed by atoms with Crippen molar-refractivity contribution in [2.24, 2.45) is 5.73 Å². The first kappa shape index (κ1) is 15.1. The molecular weight excluding hydrogens is 312 g/mol. The average molecular weight is 326 g/mol. The summed E-state index contributed by atoms with van der Waals surface area (Å²) in [6, 6.07) is 14.2. The van der Waals surface area contributed by atoms with Crippen molar-refractivity contribution in [2.45, 2.75) is 13.0 Å². The van der Waals surface area contributed by atoms with E-state index in [1.807, 2.05) is 28.8 Å². The predicted octanol–water partition coefficient (Wildman–Crippen LogP) is 3.29. The van der Waals surface area contributed by atoms with E-state index < -0.39 is 4.92 Å². The van der Waals surface area contributed by atoms with Crippen molar-refractivity contribution < 1.29 is 4.92 Å². The van der Waals surface area contributed by atoms with Gasteiger partial charge in [-0.05, 0) is 24.3 Å². The highest BCUT2D eigenvalue weighted by Crippen LogP contribution is 2.26. The highest BCUT2D eigenvalue weighted by molar-refractivity contribution is 7.80. The van der Waals surface area contributed by atoms with Gasteiger partial charge in [-0.3, -0.25) is 10.1 Å². The molecule has 23 heavy (non-hydrogen) atoms. The number of aromatic nitrogens is 2. The first-order valence-corrected chi connectivity index (χ1v) is 7.45. The molecule has 0 radical (unpaired) electrons. The minimum Gasteiger partial charge on any atom is -0.393 e. The van der Waals surface area contributed by atoms with Crippen LogP contribution in [0.1, 0.15) is 6.42 Å². The summed E-state index contributed by atoms with van der Waals surface area (Å²) in [5.41, 5.74) is 8.34. The molecule has 0 bridgehead atoms. The fourth-order valence-corrected chi connectivity index (χ4v) is 2.57.